The van der Waals surface area contributed by atoms with Gasteiger partial charge in [0.15, 0.2) is 11.3 Å². The summed E-state index contributed by atoms with van der Waals surface area (Å²) in [6.45, 7) is 1.37. The van der Waals surface area contributed by atoms with Crippen molar-refractivity contribution >= 4 is 28.5 Å². The van der Waals surface area contributed by atoms with Crippen LogP contribution < -0.4 is 11.1 Å². The average Bonchev–Trinajstić information content (AvgIpc) is 3.14. The van der Waals surface area contributed by atoms with Gasteiger partial charge in [-0.25, -0.2) is 9.97 Å². The Kier molecular flexibility index (Phi) is 5.92. The zero-order valence-corrected chi connectivity index (χ0v) is 18.1. The number of halogens is 3. The highest BCUT2D eigenvalue weighted by Crippen LogP contribution is 2.36. The number of nitrogens with two attached hydrogens (primary N) is 1. The first kappa shape index (κ1) is 23.4. The molecule has 0 aliphatic carbocycles. The largest absolute Gasteiger partial charge is 0.437 e. The molecule has 0 saturated carbocycles. The van der Waals surface area contributed by atoms with Gasteiger partial charge in [-0.1, -0.05) is 12.1 Å². The van der Waals surface area contributed by atoms with Gasteiger partial charge in [0.25, 0.3) is 11.8 Å². The Bertz CT molecular complexity index is 1500. The minimum atomic E-state index is -4.86. The van der Waals surface area contributed by atoms with Gasteiger partial charge in [-0.05, 0) is 42.8 Å². The minimum absolute atomic E-state index is 0.0234. The monoisotopic (exact) mass is 479 g/mol. The molecule has 4 aromatic rings. The maximum absolute atomic E-state index is 13.8. The fraction of sp³-hybridized carbons (Fsp3) is 0.130. The van der Waals surface area contributed by atoms with Gasteiger partial charge in [-0.15, -0.1) is 0 Å². The molecule has 2 amide bonds. The molecule has 12 heteroatoms. The van der Waals surface area contributed by atoms with Crippen molar-refractivity contribution in [3.05, 3.63) is 82.4 Å². The van der Waals surface area contributed by atoms with E-state index in [0.29, 0.717) is 11.1 Å². The summed E-state index contributed by atoms with van der Waals surface area (Å²) in [4.78, 5) is 32.8. The Morgan fingerprint density at radius 3 is 2.54 bits per heavy atom. The van der Waals surface area contributed by atoms with Crippen LogP contribution in [0, 0.1) is 18.3 Å². The lowest BCUT2D eigenvalue weighted by molar-refractivity contribution is -0.140. The molecule has 4 rings (SSSR count). The predicted octanol–water partition coefficient (Wildman–Crippen LogP) is 3.42. The van der Waals surface area contributed by atoms with E-state index in [2.05, 4.69) is 20.4 Å². The molecule has 0 radical (unpaired) electrons. The smallest absolute Gasteiger partial charge is 0.364 e. The van der Waals surface area contributed by atoms with E-state index < -0.39 is 29.4 Å². The van der Waals surface area contributed by atoms with E-state index in [9.17, 15) is 22.8 Å². The standard InChI is InChI=1S/C23H16F3N7O2/c1-12-18(19(23(24,25)26)32-33(12)11-14-6-4-13(10-27)5-7-14)31-22(35)16-9-17(20(28)34)30-21-15(16)3-2-8-29-21/h2-9H,11H2,1H3,(H2,28,34)(H,31,35). The number of aromatic nitrogens is 4. The van der Waals surface area contributed by atoms with Crippen molar-refractivity contribution in [3.63, 3.8) is 0 Å². The van der Waals surface area contributed by atoms with Crippen LogP contribution in [-0.2, 0) is 12.7 Å². The summed E-state index contributed by atoms with van der Waals surface area (Å²) < 4.78 is 42.5. The molecule has 3 N–H and O–H groups in total. The second kappa shape index (κ2) is 8.86. The predicted molar refractivity (Wildman–Crippen MR) is 118 cm³/mol. The summed E-state index contributed by atoms with van der Waals surface area (Å²) in [6.07, 6.45) is -3.47. The number of pyridine rings is 2. The van der Waals surface area contributed by atoms with Crippen LogP contribution >= 0.6 is 0 Å². The molecule has 176 valence electrons. The van der Waals surface area contributed by atoms with Gasteiger partial charge in [0, 0.05) is 11.6 Å². The second-order valence-electron chi connectivity index (χ2n) is 7.52. The Balaban J connectivity index is 1.75. The van der Waals surface area contributed by atoms with Crippen LogP contribution in [0.5, 0.6) is 0 Å². The van der Waals surface area contributed by atoms with Crippen LogP contribution in [0.3, 0.4) is 0 Å². The number of carbonyl (C=O) groups is 2. The van der Waals surface area contributed by atoms with Crippen molar-refractivity contribution < 1.29 is 22.8 Å². The molecule has 0 spiro atoms. The molecule has 0 atom stereocenters. The Hall–Kier alpha value is -4.79. The third-order valence-electron chi connectivity index (χ3n) is 5.21. The van der Waals surface area contributed by atoms with Crippen LogP contribution in [0.15, 0.2) is 48.7 Å². The fourth-order valence-electron chi connectivity index (χ4n) is 3.46. The zero-order chi connectivity index (χ0) is 25.3. The molecule has 0 aliphatic rings. The quantitative estimate of drug-likeness (QED) is 0.450. The Morgan fingerprint density at radius 2 is 1.91 bits per heavy atom. The number of nitrogens with zero attached hydrogens (tertiary/aromatic N) is 5. The zero-order valence-electron chi connectivity index (χ0n) is 18.1. The molecule has 0 aliphatic heterocycles. The molecule has 0 fully saturated rings. The number of alkyl halides is 3. The number of benzene rings is 1. The van der Waals surface area contributed by atoms with Crippen LogP contribution in [0.25, 0.3) is 11.0 Å². The SMILES string of the molecule is Cc1c(NC(=O)c2cc(C(N)=O)nc3ncccc23)c(C(F)(F)F)nn1Cc1ccc(C#N)cc1. The lowest BCUT2D eigenvalue weighted by atomic mass is 10.1. The minimum Gasteiger partial charge on any atom is -0.364 e. The van der Waals surface area contributed by atoms with Crippen molar-refractivity contribution in [2.24, 2.45) is 5.73 Å². The molecule has 9 nitrogen and oxygen atoms in total. The van der Waals surface area contributed by atoms with Crippen LogP contribution in [0.4, 0.5) is 18.9 Å². The summed E-state index contributed by atoms with van der Waals surface area (Å²) in [6, 6.07) is 12.4. The number of carbonyl (C=O) groups excluding carboxylic acids is 2. The van der Waals surface area contributed by atoms with Crippen LogP contribution in [-0.4, -0.2) is 31.6 Å². The second-order valence-corrected chi connectivity index (χ2v) is 7.52. The van der Waals surface area contributed by atoms with Crippen molar-refractivity contribution in [3.8, 4) is 6.07 Å². The molecule has 3 heterocycles. The number of fused-ring (bicyclic) bond motifs is 1. The summed E-state index contributed by atoms with van der Waals surface area (Å²) in [5, 5.41) is 15.1. The number of anilines is 1. The number of rotatable bonds is 5. The number of hydrogen-bond donors (Lipinski definition) is 2. The highest BCUT2D eigenvalue weighted by atomic mass is 19.4. The molecular formula is C23H16F3N7O2. The number of nitriles is 1. The maximum Gasteiger partial charge on any atom is 0.437 e. The molecular weight excluding hydrogens is 463 g/mol. The number of nitrogens with one attached hydrogen (secondary N) is 1. The lowest BCUT2D eigenvalue weighted by Gasteiger charge is -2.11. The van der Waals surface area contributed by atoms with E-state index in [4.69, 9.17) is 11.0 Å². The van der Waals surface area contributed by atoms with Crippen molar-refractivity contribution in [1.82, 2.24) is 19.7 Å². The van der Waals surface area contributed by atoms with E-state index >= 15 is 0 Å². The molecule has 0 saturated heterocycles. The first-order chi connectivity index (χ1) is 16.6. The molecule has 1 aromatic carbocycles. The van der Waals surface area contributed by atoms with Crippen LogP contribution in [0.2, 0.25) is 0 Å². The van der Waals surface area contributed by atoms with Gasteiger partial charge in [0.2, 0.25) is 0 Å². The van der Waals surface area contributed by atoms with E-state index in [0.717, 1.165) is 10.7 Å². The molecule has 0 unspecified atom stereocenters. The van der Waals surface area contributed by atoms with Crippen molar-refractivity contribution in [2.45, 2.75) is 19.6 Å². The molecule has 35 heavy (non-hydrogen) atoms. The topological polar surface area (TPSA) is 140 Å². The summed E-state index contributed by atoms with van der Waals surface area (Å²) in [7, 11) is 0. The Morgan fingerprint density at radius 1 is 1.20 bits per heavy atom. The third-order valence-corrected chi connectivity index (χ3v) is 5.21. The molecule has 0 bridgehead atoms. The third kappa shape index (κ3) is 4.65. The van der Waals surface area contributed by atoms with Gasteiger partial charge >= 0.3 is 6.18 Å². The summed E-state index contributed by atoms with van der Waals surface area (Å²) >= 11 is 0. The van der Waals surface area contributed by atoms with Gasteiger partial charge < -0.3 is 11.1 Å². The number of hydrogen-bond acceptors (Lipinski definition) is 6. The van der Waals surface area contributed by atoms with Crippen LogP contribution in [0.1, 0.15) is 43.4 Å². The first-order valence-electron chi connectivity index (χ1n) is 10.1. The van der Waals surface area contributed by atoms with Crippen molar-refractivity contribution in [2.75, 3.05) is 5.32 Å². The normalized spacial score (nSPS) is 11.3. The first-order valence-corrected chi connectivity index (χ1v) is 10.1. The summed E-state index contributed by atoms with van der Waals surface area (Å²) in [5.74, 6) is -1.84. The fourth-order valence-corrected chi connectivity index (χ4v) is 3.46. The Labute approximate surface area is 196 Å². The highest BCUT2D eigenvalue weighted by molar-refractivity contribution is 6.13. The van der Waals surface area contributed by atoms with E-state index in [1.807, 2.05) is 6.07 Å². The highest BCUT2D eigenvalue weighted by Gasteiger charge is 2.39. The summed E-state index contributed by atoms with van der Waals surface area (Å²) in [5.41, 5.74) is 4.22. The van der Waals surface area contributed by atoms with Gasteiger partial charge in [-0.2, -0.15) is 23.5 Å². The van der Waals surface area contributed by atoms with Gasteiger partial charge in [0.05, 0.1) is 35.1 Å². The van der Waals surface area contributed by atoms with Crippen molar-refractivity contribution in [1.29, 1.82) is 5.26 Å². The number of amides is 2. The van der Waals surface area contributed by atoms with E-state index in [1.165, 1.54) is 25.3 Å². The van der Waals surface area contributed by atoms with Gasteiger partial charge in [0.1, 0.15) is 5.69 Å². The average molecular weight is 479 g/mol. The number of primary amides is 1. The van der Waals surface area contributed by atoms with E-state index in [1.54, 1.807) is 24.3 Å². The maximum atomic E-state index is 13.8. The van der Waals surface area contributed by atoms with Gasteiger partial charge in [-0.3, -0.25) is 14.3 Å². The lowest BCUT2D eigenvalue weighted by Crippen LogP contribution is -2.19. The van der Waals surface area contributed by atoms with E-state index in [-0.39, 0.29) is 34.5 Å². The molecule has 3 aromatic heterocycles.